The van der Waals surface area contributed by atoms with E-state index in [0.29, 0.717) is 22.4 Å². The quantitative estimate of drug-likeness (QED) is 0.592. The van der Waals surface area contributed by atoms with Crippen molar-refractivity contribution in [1.29, 1.82) is 0 Å². The largest absolute Gasteiger partial charge is 0.482 e. The molecule has 0 heterocycles. The van der Waals surface area contributed by atoms with Crippen LogP contribution in [0.1, 0.15) is 29.8 Å². The molecule has 0 aromatic heterocycles. The Morgan fingerprint density at radius 3 is 2.46 bits per heavy atom. The zero-order valence-corrected chi connectivity index (χ0v) is 16.3. The molecule has 0 saturated carbocycles. The van der Waals surface area contributed by atoms with Gasteiger partial charge in [0.1, 0.15) is 12.4 Å². The number of ether oxygens (including phenoxy) is 3. The maximum atomic E-state index is 12.2. The van der Waals surface area contributed by atoms with Crippen LogP contribution >= 0.6 is 15.9 Å². The van der Waals surface area contributed by atoms with E-state index in [2.05, 4.69) is 15.9 Å². The number of esters is 2. The molecule has 0 saturated heterocycles. The third-order valence-corrected chi connectivity index (χ3v) is 3.71. The summed E-state index contributed by atoms with van der Waals surface area (Å²) in [6.07, 6.45) is 0. The van der Waals surface area contributed by atoms with E-state index < -0.39 is 11.9 Å². The van der Waals surface area contributed by atoms with Gasteiger partial charge in [0.2, 0.25) is 0 Å². The van der Waals surface area contributed by atoms with Crippen LogP contribution in [0.2, 0.25) is 0 Å². The van der Waals surface area contributed by atoms with Crippen LogP contribution in [0.3, 0.4) is 0 Å². The Morgan fingerprint density at radius 1 is 1.04 bits per heavy atom. The summed E-state index contributed by atoms with van der Waals surface area (Å²) in [5.41, 5.74) is 1.24. The summed E-state index contributed by atoms with van der Waals surface area (Å²) >= 11 is 3.33. The molecule has 0 radical (unpaired) electrons. The zero-order valence-electron chi connectivity index (χ0n) is 14.7. The minimum atomic E-state index is -0.470. The highest BCUT2D eigenvalue weighted by atomic mass is 79.9. The van der Waals surface area contributed by atoms with E-state index >= 15 is 0 Å². The summed E-state index contributed by atoms with van der Waals surface area (Å²) in [5, 5.41) is 0. The molecule has 0 aliphatic carbocycles. The molecule has 5 nitrogen and oxygen atoms in total. The van der Waals surface area contributed by atoms with Crippen LogP contribution in [0.15, 0.2) is 53.0 Å². The molecule has 0 aliphatic heterocycles. The second-order valence-corrected chi connectivity index (χ2v) is 7.02. The van der Waals surface area contributed by atoms with Crippen LogP contribution in [-0.4, -0.2) is 25.2 Å². The van der Waals surface area contributed by atoms with Crippen LogP contribution in [-0.2, 0) is 20.9 Å². The number of rotatable bonds is 8. The topological polar surface area (TPSA) is 61.8 Å². The summed E-state index contributed by atoms with van der Waals surface area (Å²) in [7, 11) is 0. The van der Waals surface area contributed by atoms with Crippen LogP contribution in [0.25, 0.3) is 0 Å². The summed E-state index contributed by atoms with van der Waals surface area (Å²) < 4.78 is 16.4. The van der Waals surface area contributed by atoms with Crippen molar-refractivity contribution in [3.63, 3.8) is 0 Å². The van der Waals surface area contributed by atoms with E-state index in [1.54, 1.807) is 12.1 Å². The maximum Gasteiger partial charge on any atom is 0.344 e. The van der Waals surface area contributed by atoms with Gasteiger partial charge in [0.15, 0.2) is 6.61 Å². The van der Waals surface area contributed by atoms with Crippen molar-refractivity contribution >= 4 is 27.9 Å². The molecule has 26 heavy (non-hydrogen) atoms. The van der Waals surface area contributed by atoms with E-state index in [-0.39, 0.29) is 19.1 Å². The summed E-state index contributed by atoms with van der Waals surface area (Å²) in [6, 6.07) is 14.3. The second-order valence-electron chi connectivity index (χ2n) is 6.10. The van der Waals surface area contributed by atoms with Gasteiger partial charge in [-0.3, -0.25) is 0 Å². The number of carbonyl (C=O) groups excluding carboxylic acids is 2. The van der Waals surface area contributed by atoms with Crippen molar-refractivity contribution < 1.29 is 23.8 Å². The molecule has 0 aliphatic rings. The minimum absolute atomic E-state index is 0.184. The smallest absolute Gasteiger partial charge is 0.344 e. The van der Waals surface area contributed by atoms with Crippen molar-refractivity contribution in [1.82, 2.24) is 0 Å². The Hall–Kier alpha value is -2.34. The molecule has 0 fully saturated rings. The van der Waals surface area contributed by atoms with Gasteiger partial charge in [0, 0.05) is 4.47 Å². The van der Waals surface area contributed by atoms with Crippen molar-refractivity contribution in [2.24, 2.45) is 5.92 Å². The fourth-order valence-electron chi connectivity index (χ4n) is 2.01. The number of hydrogen-bond acceptors (Lipinski definition) is 5. The highest BCUT2D eigenvalue weighted by Crippen LogP contribution is 2.22. The van der Waals surface area contributed by atoms with Gasteiger partial charge < -0.3 is 14.2 Å². The van der Waals surface area contributed by atoms with Crippen molar-refractivity contribution in [2.45, 2.75) is 20.5 Å². The summed E-state index contributed by atoms with van der Waals surface area (Å²) in [5.74, 6) is -0.280. The van der Waals surface area contributed by atoms with Crippen molar-refractivity contribution in [3.8, 4) is 5.75 Å². The van der Waals surface area contributed by atoms with Gasteiger partial charge in [-0.1, -0.05) is 60.1 Å². The van der Waals surface area contributed by atoms with Crippen LogP contribution in [0, 0.1) is 5.92 Å². The molecule has 2 aromatic rings. The molecular formula is C20H21BrO5. The highest BCUT2D eigenvalue weighted by molar-refractivity contribution is 9.10. The number of hydrogen-bond donors (Lipinski definition) is 0. The highest BCUT2D eigenvalue weighted by Gasteiger charge is 2.12. The Labute approximate surface area is 161 Å². The molecule has 0 atom stereocenters. The monoisotopic (exact) mass is 420 g/mol. The predicted molar refractivity (Wildman–Crippen MR) is 101 cm³/mol. The molecule has 2 rings (SSSR count). The summed E-state index contributed by atoms with van der Waals surface area (Å²) in [6.45, 7) is 4.22. The molecule has 2 aromatic carbocycles. The lowest BCUT2D eigenvalue weighted by atomic mass is 10.2. The molecule has 6 heteroatoms. The molecule has 0 unspecified atom stereocenters. The van der Waals surface area contributed by atoms with E-state index in [1.807, 2.05) is 44.2 Å². The van der Waals surface area contributed by atoms with E-state index in [9.17, 15) is 9.59 Å². The average Bonchev–Trinajstić information content (AvgIpc) is 2.63. The van der Waals surface area contributed by atoms with Gasteiger partial charge in [-0.25, -0.2) is 9.59 Å². The Bertz CT molecular complexity index is 743. The lowest BCUT2D eigenvalue weighted by Gasteiger charge is -2.10. The fraction of sp³-hybridized carbons (Fsp3) is 0.300. The first kappa shape index (κ1) is 20.0. The average molecular weight is 421 g/mol. The van der Waals surface area contributed by atoms with E-state index in [4.69, 9.17) is 14.2 Å². The zero-order chi connectivity index (χ0) is 18.9. The van der Waals surface area contributed by atoms with Crippen LogP contribution in [0.5, 0.6) is 5.75 Å². The Kier molecular flexibility index (Phi) is 7.66. The lowest BCUT2D eigenvalue weighted by Crippen LogP contribution is -2.17. The molecule has 0 amide bonds. The second kappa shape index (κ2) is 9.97. The first-order valence-electron chi connectivity index (χ1n) is 8.24. The Balaban J connectivity index is 1.93. The van der Waals surface area contributed by atoms with Gasteiger partial charge in [-0.15, -0.1) is 0 Å². The van der Waals surface area contributed by atoms with Gasteiger partial charge >= 0.3 is 11.9 Å². The van der Waals surface area contributed by atoms with Crippen molar-refractivity contribution in [3.05, 3.63) is 64.1 Å². The first-order valence-corrected chi connectivity index (χ1v) is 9.03. The van der Waals surface area contributed by atoms with Gasteiger partial charge in [0.05, 0.1) is 12.2 Å². The molecule has 138 valence electrons. The third kappa shape index (κ3) is 6.88. The standard InChI is InChI=1S/C20H21BrO5/c1-14(2)11-25-19(22)13-24-18-9-16(8-17(21)10-18)20(23)26-12-15-6-4-3-5-7-15/h3-10,14H,11-13H2,1-2H3. The number of halogens is 1. The molecule has 0 N–H and O–H groups in total. The SMILES string of the molecule is CC(C)COC(=O)COc1cc(Br)cc(C(=O)OCc2ccccc2)c1. The molecule has 0 spiro atoms. The van der Waals surface area contributed by atoms with Gasteiger partial charge in [-0.2, -0.15) is 0 Å². The number of carbonyl (C=O) groups is 2. The van der Waals surface area contributed by atoms with Gasteiger partial charge in [0.25, 0.3) is 0 Å². The number of benzene rings is 2. The normalized spacial score (nSPS) is 10.5. The van der Waals surface area contributed by atoms with Gasteiger partial charge in [-0.05, 0) is 29.7 Å². The van der Waals surface area contributed by atoms with Crippen LogP contribution in [0.4, 0.5) is 0 Å². The Morgan fingerprint density at radius 2 is 1.77 bits per heavy atom. The minimum Gasteiger partial charge on any atom is -0.482 e. The third-order valence-electron chi connectivity index (χ3n) is 3.25. The summed E-state index contributed by atoms with van der Waals surface area (Å²) in [4.78, 5) is 23.9. The molecular weight excluding hydrogens is 400 g/mol. The van der Waals surface area contributed by atoms with E-state index in [0.717, 1.165) is 5.56 Å². The first-order chi connectivity index (χ1) is 12.4. The van der Waals surface area contributed by atoms with Crippen molar-refractivity contribution in [2.75, 3.05) is 13.2 Å². The maximum absolute atomic E-state index is 12.2. The lowest BCUT2D eigenvalue weighted by molar-refractivity contribution is -0.147. The fourth-order valence-corrected chi connectivity index (χ4v) is 2.49. The van der Waals surface area contributed by atoms with Crippen LogP contribution < -0.4 is 4.74 Å². The predicted octanol–water partition coefficient (Wildman–Crippen LogP) is 4.38. The molecule has 0 bridgehead atoms. The van der Waals surface area contributed by atoms with E-state index in [1.165, 1.54) is 6.07 Å².